The summed E-state index contributed by atoms with van der Waals surface area (Å²) in [5, 5.41) is 10.2. The number of halogens is 4. The number of carbonyl (C=O) groups is 1. The van der Waals surface area contributed by atoms with Crippen LogP contribution in [0, 0.1) is 15.9 Å². The number of benzene rings is 1. The molecule has 0 aromatic heterocycles. The lowest BCUT2D eigenvalue weighted by Gasteiger charge is -2.05. The monoisotopic (exact) mass is 237 g/mol. The number of nitrogens with zero attached hydrogens (tertiary/aromatic N) is 1. The number of nitro benzene ring substituents is 1. The summed E-state index contributed by atoms with van der Waals surface area (Å²) in [5.41, 5.74) is -2.53. The fourth-order valence-corrected chi connectivity index (χ4v) is 0.989. The first-order chi connectivity index (χ1) is 7.25. The molecule has 86 valence electrons. The van der Waals surface area contributed by atoms with Gasteiger partial charge in [-0.1, -0.05) is 6.07 Å². The molecule has 0 saturated carbocycles. The highest BCUT2D eigenvalue weighted by molar-refractivity contribution is 6.01. The lowest BCUT2D eigenvalue weighted by atomic mass is 10.1. The van der Waals surface area contributed by atoms with Crippen LogP contribution in [0.2, 0.25) is 0 Å². The van der Waals surface area contributed by atoms with E-state index in [9.17, 15) is 32.5 Å². The second-order valence-corrected chi connectivity index (χ2v) is 2.72. The third-order valence-electron chi connectivity index (χ3n) is 1.68. The maximum atomic E-state index is 13.1. The second-order valence-electron chi connectivity index (χ2n) is 2.72. The molecule has 16 heavy (non-hydrogen) atoms. The molecule has 0 amide bonds. The van der Waals surface area contributed by atoms with Crippen LogP contribution in [0.25, 0.3) is 0 Å². The van der Waals surface area contributed by atoms with E-state index in [0.717, 1.165) is 6.07 Å². The molecule has 0 aliphatic rings. The Morgan fingerprint density at radius 1 is 1.31 bits per heavy atom. The van der Waals surface area contributed by atoms with Gasteiger partial charge in [0.15, 0.2) is 0 Å². The van der Waals surface area contributed by atoms with E-state index in [-0.39, 0.29) is 0 Å². The Kier molecular flexibility index (Phi) is 2.92. The molecular weight excluding hydrogens is 234 g/mol. The maximum Gasteiger partial charge on any atom is 0.454 e. The predicted molar refractivity (Wildman–Crippen MR) is 43.4 cm³/mol. The van der Waals surface area contributed by atoms with E-state index >= 15 is 0 Å². The number of carbonyl (C=O) groups excluding carboxylic acids is 1. The molecule has 0 aliphatic carbocycles. The Balaban J connectivity index is 3.32. The van der Waals surface area contributed by atoms with Crippen molar-refractivity contribution in [2.24, 2.45) is 0 Å². The molecule has 0 spiro atoms. The molecule has 0 N–H and O–H groups in total. The van der Waals surface area contributed by atoms with Crippen LogP contribution in [0.1, 0.15) is 10.4 Å². The number of hydrogen-bond acceptors (Lipinski definition) is 3. The fraction of sp³-hybridized carbons (Fsp3) is 0.125. The Morgan fingerprint density at radius 3 is 2.31 bits per heavy atom. The zero-order valence-electron chi connectivity index (χ0n) is 7.42. The van der Waals surface area contributed by atoms with E-state index < -0.39 is 34.0 Å². The lowest BCUT2D eigenvalue weighted by molar-refractivity contribution is -0.387. The number of nitro groups is 1. The standard InChI is InChI=1S/C8H3F4NO3/c9-6-4(7(14)8(10,11)12)2-1-3-5(6)13(15)16/h1-3H. The van der Waals surface area contributed by atoms with Crippen molar-refractivity contribution in [3.63, 3.8) is 0 Å². The summed E-state index contributed by atoms with van der Waals surface area (Å²) in [7, 11) is 0. The van der Waals surface area contributed by atoms with Crippen LogP contribution >= 0.6 is 0 Å². The van der Waals surface area contributed by atoms with E-state index in [2.05, 4.69) is 0 Å². The molecule has 1 aromatic carbocycles. The van der Waals surface area contributed by atoms with E-state index in [4.69, 9.17) is 0 Å². The van der Waals surface area contributed by atoms with Gasteiger partial charge < -0.3 is 0 Å². The minimum atomic E-state index is -5.27. The zero-order chi connectivity index (χ0) is 12.5. The van der Waals surface area contributed by atoms with Crippen molar-refractivity contribution in [1.82, 2.24) is 0 Å². The van der Waals surface area contributed by atoms with Gasteiger partial charge in [0.2, 0.25) is 5.82 Å². The van der Waals surface area contributed by atoms with Crippen LogP contribution < -0.4 is 0 Å². The Labute approximate surface area is 85.6 Å². The van der Waals surface area contributed by atoms with Crippen LogP contribution in [-0.4, -0.2) is 16.9 Å². The third kappa shape index (κ3) is 2.15. The summed E-state index contributed by atoms with van der Waals surface area (Å²) in [5.74, 6) is -4.23. The van der Waals surface area contributed by atoms with Crippen molar-refractivity contribution in [2.45, 2.75) is 6.18 Å². The van der Waals surface area contributed by atoms with Gasteiger partial charge in [-0.15, -0.1) is 0 Å². The van der Waals surface area contributed by atoms with Crippen molar-refractivity contribution in [3.05, 3.63) is 39.7 Å². The number of alkyl halides is 3. The summed E-state index contributed by atoms with van der Waals surface area (Å²) < 4.78 is 49.0. The largest absolute Gasteiger partial charge is 0.454 e. The average Bonchev–Trinajstić information content (AvgIpc) is 2.15. The molecule has 0 atom stereocenters. The van der Waals surface area contributed by atoms with Crippen molar-refractivity contribution in [3.8, 4) is 0 Å². The number of Topliss-reactive ketones (excluding diaryl/α,β-unsaturated/α-hetero) is 1. The van der Waals surface area contributed by atoms with Gasteiger partial charge in [0.05, 0.1) is 10.5 Å². The van der Waals surface area contributed by atoms with Gasteiger partial charge >= 0.3 is 11.9 Å². The van der Waals surface area contributed by atoms with Gasteiger partial charge in [0.25, 0.3) is 5.78 Å². The van der Waals surface area contributed by atoms with Crippen LogP contribution in [0.3, 0.4) is 0 Å². The Morgan fingerprint density at radius 2 is 1.88 bits per heavy atom. The summed E-state index contributed by atoms with van der Waals surface area (Å²) in [6.07, 6.45) is -5.27. The topological polar surface area (TPSA) is 60.2 Å². The first kappa shape index (κ1) is 12.1. The van der Waals surface area contributed by atoms with Crippen LogP contribution in [0.4, 0.5) is 23.2 Å². The average molecular weight is 237 g/mol. The van der Waals surface area contributed by atoms with Gasteiger partial charge in [0, 0.05) is 6.07 Å². The fourth-order valence-electron chi connectivity index (χ4n) is 0.989. The zero-order valence-corrected chi connectivity index (χ0v) is 7.42. The molecule has 1 rings (SSSR count). The van der Waals surface area contributed by atoms with Crippen LogP contribution in [-0.2, 0) is 0 Å². The lowest BCUT2D eigenvalue weighted by Crippen LogP contribution is -2.24. The smallest absolute Gasteiger partial charge is 0.284 e. The maximum absolute atomic E-state index is 13.1. The molecule has 4 nitrogen and oxygen atoms in total. The van der Waals surface area contributed by atoms with Gasteiger partial charge in [-0.3, -0.25) is 14.9 Å². The van der Waals surface area contributed by atoms with Gasteiger partial charge in [-0.05, 0) is 6.07 Å². The second kappa shape index (κ2) is 3.87. The van der Waals surface area contributed by atoms with Gasteiger partial charge in [0.1, 0.15) is 0 Å². The first-order valence-corrected chi connectivity index (χ1v) is 3.79. The molecular formula is C8H3F4NO3. The first-order valence-electron chi connectivity index (χ1n) is 3.79. The summed E-state index contributed by atoms with van der Waals surface area (Å²) in [6, 6.07) is 2.01. The number of hydrogen-bond donors (Lipinski definition) is 0. The highest BCUT2D eigenvalue weighted by Gasteiger charge is 2.41. The van der Waals surface area contributed by atoms with Crippen LogP contribution in [0.5, 0.6) is 0 Å². The molecule has 0 heterocycles. The molecule has 0 unspecified atom stereocenters. The molecule has 8 heteroatoms. The molecule has 0 fully saturated rings. The summed E-state index contributed by atoms with van der Waals surface area (Å²) in [6.45, 7) is 0. The van der Waals surface area contributed by atoms with Crippen molar-refractivity contribution < 1.29 is 27.3 Å². The van der Waals surface area contributed by atoms with Crippen molar-refractivity contribution >= 4 is 11.5 Å². The van der Waals surface area contributed by atoms with Gasteiger partial charge in [-0.25, -0.2) is 0 Å². The van der Waals surface area contributed by atoms with Crippen molar-refractivity contribution in [2.75, 3.05) is 0 Å². The molecule has 0 radical (unpaired) electrons. The molecule has 0 bridgehead atoms. The highest BCUT2D eigenvalue weighted by atomic mass is 19.4. The molecule has 0 saturated heterocycles. The van der Waals surface area contributed by atoms with E-state index in [1.165, 1.54) is 0 Å². The summed E-state index contributed by atoms with van der Waals surface area (Å²) >= 11 is 0. The minimum absolute atomic E-state index is 0.540. The van der Waals surface area contributed by atoms with E-state index in [1.807, 2.05) is 0 Å². The summed E-state index contributed by atoms with van der Waals surface area (Å²) in [4.78, 5) is 19.7. The number of ketones is 1. The SMILES string of the molecule is O=C(c1cccc([N+](=O)[O-])c1F)C(F)(F)F. The van der Waals surface area contributed by atoms with E-state index in [1.54, 1.807) is 0 Å². The number of rotatable bonds is 2. The van der Waals surface area contributed by atoms with Crippen molar-refractivity contribution in [1.29, 1.82) is 0 Å². The van der Waals surface area contributed by atoms with E-state index in [0.29, 0.717) is 12.1 Å². The Bertz CT molecular complexity index is 455. The minimum Gasteiger partial charge on any atom is -0.284 e. The quantitative estimate of drug-likeness (QED) is 0.343. The highest BCUT2D eigenvalue weighted by Crippen LogP contribution is 2.27. The van der Waals surface area contributed by atoms with Crippen LogP contribution in [0.15, 0.2) is 18.2 Å². The normalized spacial score (nSPS) is 11.2. The van der Waals surface area contributed by atoms with Gasteiger partial charge in [-0.2, -0.15) is 17.6 Å². The molecule has 1 aromatic rings. The predicted octanol–water partition coefficient (Wildman–Crippen LogP) is 2.48. The molecule has 0 aliphatic heterocycles. The Hall–Kier alpha value is -1.99. The third-order valence-corrected chi connectivity index (χ3v) is 1.68.